The summed E-state index contributed by atoms with van der Waals surface area (Å²) in [5.74, 6) is 0. The van der Waals surface area contributed by atoms with Crippen molar-refractivity contribution in [3.05, 3.63) is 147 Å². The number of hydrogen-bond donors (Lipinski definition) is 0. The van der Waals surface area contributed by atoms with Crippen molar-refractivity contribution in [1.82, 2.24) is 0 Å². The van der Waals surface area contributed by atoms with Crippen molar-refractivity contribution in [3.63, 3.8) is 0 Å². The highest BCUT2D eigenvalue weighted by Gasteiger charge is 2.50. The van der Waals surface area contributed by atoms with Gasteiger partial charge in [-0.1, -0.05) is 144 Å². The van der Waals surface area contributed by atoms with Crippen molar-refractivity contribution in [2.45, 2.75) is 162 Å². The predicted molar refractivity (Wildman–Crippen MR) is 277 cm³/mol. The fraction of sp³-hybridized carbons (Fsp3) is 0.410. The Balaban J connectivity index is 1.26. The van der Waals surface area contributed by atoms with Crippen LogP contribution in [0.25, 0.3) is 11.1 Å². The Morgan fingerprint density at radius 1 is 0.375 bits per heavy atom. The number of fused-ring (bicyclic) bond motifs is 7. The van der Waals surface area contributed by atoms with Gasteiger partial charge in [-0.05, 0) is 193 Å². The summed E-state index contributed by atoms with van der Waals surface area (Å²) >= 11 is 0. The Hall–Kier alpha value is -5.02. The van der Waals surface area contributed by atoms with Gasteiger partial charge in [0.1, 0.15) is 0 Å². The Morgan fingerprint density at radius 3 is 1.31 bits per heavy atom. The lowest BCUT2D eigenvalue weighted by atomic mass is 9.33. The van der Waals surface area contributed by atoms with E-state index >= 15 is 0 Å². The van der Waals surface area contributed by atoms with Crippen LogP contribution in [-0.4, -0.2) is 6.71 Å². The molecule has 0 atom stereocenters. The van der Waals surface area contributed by atoms with Crippen molar-refractivity contribution in [2.75, 3.05) is 9.80 Å². The summed E-state index contributed by atoms with van der Waals surface area (Å²) in [6.45, 7) is 36.7. The molecule has 5 aliphatic rings. The largest absolute Gasteiger partial charge is 0.311 e. The molecule has 64 heavy (non-hydrogen) atoms. The highest BCUT2D eigenvalue weighted by atomic mass is 15.2. The molecule has 0 saturated heterocycles. The number of rotatable bonds is 3. The summed E-state index contributed by atoms with van der Waals surface area (Å²) in [4.78, 5) is 5.42. The third-order valence-corrected chi connectivity index (χ3v) is 17.1. The fourth-order valence-electron chi connectivity index (χ4n) is 14.2. The first-order valence-electron chi connectivity index (χ1n) is 24.3. The van der Waals surface area contributed by atoms with Crippen LogP contribution in [0.3, 0.4) is 0 Å². The Kier molecular flexibility index (Phi) is 8.52. The molecule has 0 saturated carbocycles. The van der Waals surface area contributed by atoms with Gasteiger partial charge in [0, 0.05) is 34.1 Å². The van der Waals surface area contributed by atoms with E-state index in [0.717, 1.165) is 12.8 Å². The molecule has 3 heteroatoms. The summed E-state index contributed by atoms with van der Waals surface area (Å²) in [6, 6.07) is 39.1. The molecule has 2 nitrogen and oxygen atoms in total. The molecule has 0 bridgehead atoms. The smallest absolute Gasteiger partial charge is 0.252 e. The molecule has 0 amide bonds. The Bertz CT molecular complexity index is 2990. The number of aryl methyl sites for hydroxylation is 3. The van der Waals surface area contributed by atoms with Gasteiger partial charge in [-0.2, -0.15) is 0 Å². The van der Waals surface area contributed by atoms with Crippen molar-refractivity contribution in [1.29, 1.82) is 0 Å². The van der Waals surface area contributed by atoms with Crippen LogP contribution in [0.5, 0.6) is 0 Å². The summed E-state index contributed by atoms with van der Waals surface area (Å²) in [7, 11) is 0. The zero-order chi connectivity index (χ0) is 45.4. The molecule has 326 valence electrons. The normalized spacial score (nSPS) is 20.5. The Morgan fingerprint density at radius 2 is 0.797 bits per heavy atom. The third-order valence-electron chi connectivity index (χ3n) is 17.1. The summed E-state index contributed by atoms with van der Waals surface area (Å²) in [6.07, 6.45) is 4.68. The van der Waals surface area contributed by atoms with Gasteiger partial charge in [-0.15, -0.1) is 0 Å². The minimum atomic E-state index is 0.0633. The molecule has 0 spiro atoms. The lowest BCUT2D eigenvalue weighted by Crippen LogP contribution is -2.61. The summed E-state index contributed by atoms with van der Waals surface area (Å²) in [5.41, 5.74) is 28.2. The van der Waals surface area contributed by atoms with Gasteiger partial charge in [-0.25, -0.2) is 0 Å². The molecule has 0 radical (unpaired) electrons. The number of benzene rings is 6. The van der Waals surface area contributed by atoms with Crippen LogP contribution in [0, 0.1) is 20.8 Å². The van der Waals surface area contributed by atoms with E-state index in [-0.39, 0.29) is 39.2 Å². The molecule has 2 aliphatic heterocycles. The molecule has 0 fully saturated rings. The van der Waals surface area contributed by atoms with Crippen LogP contribution >= 0.6 is 0 Å². The van der Waals surface area contributed by atoms with E-state index in [1.165, 1.54) is 125 Å². The average molecular weight is 841 g/mol. The molecule has 2 heterocycles. The van der Waals surface area contributed by atoms with E-state index in [1.54, 1.807) is 0 Å². The third kappa shape index (κ3) is 5.83. The van der Waals surface area contributed by atoms with Crippen molar-refractivity contribution in [3.8, 4) is 11.1 Å². The van der Waals surface area contributed by atoms with Gasteiger partial charge in [0.25, 0.3) is 6.71 Å². The molecule has 3 aliphatic carbocycles. The quantitative estimate of drug-likeness (QED) is 0.164. The molecule has 0 N–H and O–H groups in total. The van der Waals surface area contributed by atoms with Gasteiger partial charge in [-0.3, -0.25) is 0 Å². The van der Waals surface area contributed by atoms with Gasteiger partial charge >= 0.3 is 0 Å². The van der Waals surface area contributed by atoms with Crippen LogP contribution in [0.2, 0.25) is 0 Å². The zero-order valence-corrected chi connectivity index (χ0v) is 41.5. The van der Waals surface area contributed by atoms with Gasteiger partial charge in [0.05, 0.1) is 0 Å². The topological polar surface area (TPSA) is 6.48 Å². The number of nitrogens with zero attached hydrogens (tertiary/aromatic N) is 2. The number of hydrogen-bond acceptors (Lipinski definition) is 2. The van der Waals surface area contributed by atoms with E-state index in [0.29, 0.717) is 0 Å². The maximum absolute atomic E-state index is 2.73. The van der Waals surface area contributed by atoms with Crippen molar-refractivity contribution >= 4 is 57.2 Å². The monoisotopic (exact) mass is 841 g/mol. The predicted octanol–water partition coefficient (Wildman–Crippen LogP) is 14.6. The van der Waals surface area contributed by atoms with Crippen molar-refractivity contribution in [2.24, 2.45) is 0 Å². The van der Waals surface area contributed by atoms with Crippen LogP contribution in [-0.2, 0) is 32.5 Å². The SMILES string of the molecule is Cc1cc2c3c(c1)N(c1cc4c(cc1C)C(C)(C)CCC4(C)C)c1cc4c(cc1B3c1ccc(-c3ccccc3)cc1N2c1cc2c(cc1C)C(C)(C)CC2(C)C)C(C)(C)CC4(C)C. The molecule has 6 aromatic carbocycles. The lowest BCUT2D eigenvalue weighted by molar-refractivity contribution is 0.332. The first kappa shape index (κ1) is 41.7. The van der Waals surface area contributed by atoms with Crippen LogP contribution in [0.15, 0.2) is 97.1 Å². The molecule has 11 rings (SSSR count). The van der Waals surface area contributed by atoms with Crippen molar-refractivity contribution < 1.29 is 0 Å². The molecular formula is C61H69BN2. The van der Waals surface area contributed by atoms with E-state index in [4.69, 9.17) is 0 Å². The molecule has 6 aromatic rings. The second-order valence-corrected chi connectivity index (χ2v) is 24.9. The highest BCUT2D eigenvalue weighted by molar-refractivity contribution is 7.00. The first-order chi connectivity index (χ1) is 29.9. The second kappa shape index (κ2) is 13.1. The Labute approximate surface area is 385 Å². The second-order valence-electron chi connectivity index (χ2n) is 24.9. The summed E-state index contributed by atoms with van der Waals surface area (Å²) < 4.78 is 0. The molecule has 0 unspecified atom stereocenters. The first-order valence-corrected chi connectivity index (χ1v) is 24.3. The maximum Gasteiger partial charge on any atom is 0.252 e. The van der Waals surface area contributed by atoms with Crippen LogP contribution in [0.4, 0.5) is 34.1 Å². The fourth-order valence-corrected chi connectivity index (χ4v) is 14.2. The van der Waals surface area contributed by atoms with E-state index in [1.807, 2.05) is 0 Å². The lowest BCUT2D eigenvalue weighted by Gasteiger charge is -2.47. The van der Waals surface area contributed by atoms with E-state index in [2.05, 4.69) is 211 Å². The van der Waals surface area contributed by atoms with E-state index in [9.17, 15) is 0 Å². The van der Waals surface area contributed by atoms with E-state index < -0.39 is 0 Å². The minimum absolute atomic E-state index is 0.0633. The van der Waals surface area contributed by atoms with Gasteiger partial charge in [0.2, 0.25) is 0 Å². The zero-order valence-electron chi connectivity index (χ0n) is 41.5. The standard InChI is InChI=1S/C61H69BN2/c1-36-25-53-55-54(26-36)64(49-31-44-41(27-37(49)2)56(4,5)23-24-57(44,6)7)52-33-46-43(59(10,11)35-61(46,14)15)30-48(52)62(55)47-22-21-40(39-19-17-16-18-20-39)29-51(47)63(53)50-32-45-42(28-38(50)3)58(8,9)34-60(45,12)13/h16-22,25-33H,23-24,34-35H2,1-15H3. The highest BCUT2D eigenvalue weighted by Crippen LogP contribution is 2.56. The molecule has 0 aromatic heterocycles. The average Bonchev–Trinajstić information content (AvgIpc) is 3.52. The van der Waals surface area contributed by atoms with Gasteiger partial charge < -0.3 is 9.80 Å². The van der Waals surface area contributed by atoms with Crippen LogP contribution < -0.4 is 26.2 Å². The maximum atomic E-state index is 2.73. The molecular weight excluding hydrogens is 771 g/mol. The summed E-state index contributed by atoms with van der Waals surface area (Å²) in [5, 5.41) is 0. The number of anilines is 6. The van der Waals surface area contributed by atoms with Crippen LogP contribution in [0.1, 0.15) is 159 Å². The van der Waals surface area contributed by atoms with Gasteiger partial charge in [0.15, 0.2) is 0 Å². The minimum Gasteiger partial charge on any atom is -0.311 e.